The Kier molecular flexibility index (Phi) is 5.68. The van der Waals surface area contributed by atoms with Crippen LogP contribution < -0.4 is 10.2 Å². The van der Waals surface area contributed by atoms with Crippen LogP contribution in [0, 0.1) is 10.1 Å². The highest BCUT2D eigenvalue weighted by molar-refractivity contribution is 6.31. The van der Waals surface area contributed by atoms with Crippen LogP contribution in [0.4, 0.5) is 17.1 Å². The number of nitro groups is 1. The van der Waals surface area contributed by atoms with Crippen molar-refractivity contribution in [1.29, 1.82) is 0 Å². The summed E-state index contributed by atoms with van der Waals surface area (Å²) in [6, 6.07) is 18.1. The van der Waals surface area contributed by atoms with Gasteiger partial charge in [-0.2, -0.15) is 0 Å². The fourth-order valence-electron chi connectivity index (χ4n) is 3.65. The molecule has 0 saturated carbocycles. The molecule has 0 aliphatic carbocycles. The summed E-state index contributed by atoms with van der Waals surface area (Å²) in [6.45, 7) is 0.567. The van der Waals surface area contributed by atoms with E-state index in [9.17, 15) is 19.7 Å². The minimum absolute atomic E-state index is 0.115. The Labute approximate surface area is 183 Å². The van der Waals surface area contributed by atoms with Gasteiger partial charge in [-0.05, 0) is 54.8 Å². The number of rotatable bonds is 4. The molecule has 0 aromatic heterocycles. The van der Waals surface area contributed by atoms with Crippen LogP contribution >= 0.6 is 11.6 Å². The lowest BCUT2D eigenvalue weighted by Gasteiger charge is -2.30. The Morgan fingerprint density at radius 1 is 1.03 bits per heavy atom. The van der Waals surface area contributed by atoms with Crippen molar-refractivity contribution in [3.05, 3.63) is 98.6 Å². The number of nitrogens with zero attached hydrogens (tertiary/aromatic N) is 2. The molecule has 0 atom stereocenters. The van der Waals surface area contributed by atoms with Crippen LogP contribution in [-0.2, 0) is 6.42 Å². The van der Waals surface area contributed by atoms with Crippen LogP contribution in [0.5, 0.6) is 0 Å². The Morgan fingerprint density at radius 3 is 2.55 bits per heavy atom. The van der Waals surface area contributed by atoms with Gasteiger partial charge in [0.1, 0.15) is 5.56 Å². The minimum Gasteiger partial charge on any atom is -0.322 e. The predicted octanol–water partition coefficient (Wildman–Crippen LogP) is 5.09. The minimum atomic E-state index is -0.647. The molecule has 8 heteroatoms. The van der Waals surface area contributed by atoms with E-state index in [0.29, 0.717) is 17.8 Å². The molecular formula is C23H18ClN3O4. The summed E-state index contributed by atoms with van der Waals surface area (Å²) >= 11 is 5.93. The first-order chi connectivity index (χ1) is 14.9. The molecule has 1 heterocycles. The summed E-state index contributed by atoms with van der Waals surface area (Å²) in [4.78, 5) is 38.1. The van der Waals surface area contributed by atoms with Gasteiger partial charge in [-0.1, -0.05) is 35.9 Å². The van der Waals surface area contributed by atoms with Crippen LogP contribution in [0.15, 0.2) is 66.7 Å². The van der Waals surface area contributed by atoms with Crippen LogP contribution in [0.2, 0.25) is 5.02 Å². The molecule has 2 amide bonds. The van der Waals surface area contributed by atoms with Crippen molar-refractivity contribution in [2.75, 3.05) is 16.8 Å². The smallest absolute Gasteiger partial charge is 0.282 e. The number of amides is 2. The molecule has 0 spiro atoms. The van der Waals surface area contributed by atoms with Gasteiger partial charge < -0.3 is 10.2 Å². The molecule has 0 radical (unpaired) electrons. The molecule has 3 aromatic rings. The van der Waals surface area contributed by atoms with Crippen molar-refractivity contribution >= 4 is 40.5 Å². The average molecular weight is 436 g/mol. The quantitative estimate of drug-likeness (QED) is 0.456. The van der Waals surface area contributed by atoms with Crippen molar-refractivity contribution in [2.24, 2.45) is 0 Å². The van der Waals surface area contributed by atoms with Gasteiger partial charge in [0.15, 0.2) is 0 Å². The lowest BCUT2D eigenvalue weighted by molar-refractivity contribution is -0.385. The van der Waals surface area contributed by atoms with E-state index >= 15 is 0 Å². The molecule has 31 heavy (non-hydrogen) atoms. The second-order valence-corrected chi connectivity index (χ2v) is 7.58. The van der Waals surface area contributed by atoms with Crippen molar-refractivity contribution < 1.29 is 14.5 Å². The Hall–Kier alpha value is -3.71. The first-order valence-corrected chi connectivity index (χ1v) is 10.1. The summed E-state index contributed by atoms with van der Waals surface area (Å²) in [7, 11) is 0. The van der Waals surface area contributed by atoms with E-state index in [0.717, 1.165) is 24.1 Å². The largest absolute Gasteiger partial charge is 0.322 e. The van der Waals surface area contributed by atoms with E-state index in [1.54, 1.807) is 29.2 Å². The van der Waals surface area contributed by atoms with E-state index in [2.05, 4.69) is 5.32 Å². The third-order valence-corrected chi connectivity index (χ3v) is 5.36. The van der Waals surface area contributed by atoms with E-state index < -0.39 is 10.8 Å². The number of carbonyl (C=O) groups excluding carboxylic acids is 2. The fraction of sp³-hybridized carbons (Fsp3) is 0.130. The number of benzene rings is 3. The molecule has 0 unspecified atom stereocenters. The van der Waals surface area contributed by atoms with Gasteiger partial charge >= 0.3 is 0 Å². The summed E-state index contributed by atoms with van der Waals surface area (Å²) in [5.74, 6) is -0.763. The third-order valence-electron chi connectivity index (χ3n) is 5.13. The monoisotopic (exact) mass is 435 g/mol. The molecule has 7 nitrogen and oxygen atoms in total. The number of nitro benzene ring substituents is 1. The zero-order chi connectivity index (χ0) is 22.0. The van der Waals surface area contributed by atoms with Gasteiger partial charge in [0, 0.05) is 34.6 Å². The second kappa shape index (κ2) is 8.57. The first kappa shape index (κ1) is 20.6. The zero-order valence-corrected chi connectivity index (χ0v) is 17.1. The number of hydrogen-bond acceptors (Lipinski definition) is 4. The fourth-order valence-corrected chi connectivity index (χ4v) is 3.82. The van der Waals surface area contributed by atoms with Crippen LogP contribution in [0.25, 0.3) is 0 Å². The number of hydrogen-bond donors (Lipinski definition) is 1. The summed E-state index contributed by atoms with van der Waals surface area (Å²) < 4.78 is 0. The Bertz CT molecular complexity index is 1180. The molecule has 1 aliphatic rings. The normalized spacial score (nSPS) is 12.7. The molecule has 156 valence electrons. The van der Waals surface area contributed by atoms with E-state index in [4.69, 9.17) is 11.6 Å². The number of aryl methyl sites for hydroxylation is 1. The van der Waals surface area contributed by atoms with Crippen molar-refractivity contribution in [3.63, 3.8) is 0 Å². The highest BCUT2D eigenvalue weighted by Gasteiger charge is 2.25. The number of halogens is 1. The average Bonchev–Trinajstić information content (AvgIpc) is 2.78. The van der Waals surface area contributed by atoms with Gasteiger partial charge in [0.25, 0.3) is 17.5 Å². The van der Waals surface area contributed by atoms with Gasteiger partial charge in [0.05, 0.1) is 4.92 Å². The maximum absolute atomic E-state index is 13.0. The molecule has 1 N–H and O–H groups in total. The highest BCUT2D eigenvalue weighted by Crippen LogP contribution is 2.32. The van der Waals surface area contributed by atoms with Gasteiger partial charge in [0.2, 0.25) is 0 Å². The van der Waals surface area contributed by atoms with Crippen LogP contribution in [-0.4, -0.2) is 23.3 Å². The molecule has 4 rings (SSSR count). The van der Waals surface area contributed by atoms with Crippen LogP contribution in [0.3, 0.4) is 0 Å². The van der Waals surface area contributed by atoms with E-state index in [-0.39, 0.29) is 22.2 Å². The maximum Gasteiger partial charge on any atom is 0.282 e. The molecule has 3 aromatic carbocycles. The lowest BCUT2D eigenvalue weighted by atomic mass is 10.00. The predicted molar refractivity (Wildman–Crippen MR) is 119 cm³/mol. The summed E-state index contributed by atoms with van der Waals surface area (Å²) in [5, 5.41) is 14.2. The van der Waals surface area contributed by atoms with Gasteiger partial charge in [-0.15, -0.1) is 0 Å². The number of carbonyl (C=O) groups is 2. The number of fused-ring (bicyclic) bond motifs is 1. The lowest BCUT2D eigenvalue weighted by Crippen LogP contribution is -2.35. The molecule has 0 bridgehead atoms. The SMILES string of the molecule is O=C(Nc1ccc2c(c1)N(C(=O)c1ccccc1)CCC2)c1cc(Cl)ccc1[N+](=O)[O-]. The van der Waals surface area contributed by atoms with Crippen molar-refractivity contribution in [2.45, 2.75) is 12.8 Å². The van der Waals surface area contributed by atoms with Gasteiger partial charge in [-0.25, -0.2) is 0 Å². The van der Waals surface area contributed by atoms with Crippen molar-refractivity contribution in [3.8, 4) is 0 Å². The maximum atomic E-state index is 13.0. The Morgan fingerprint density at radius 2 is 1.81 bits per heavy atom. The summed E-state index contributed by atoms with van der Waals surface area (Å²) in [5.41, 5.74) is 2.28. The molecule has 1 aliphatic heterocycles. The Balaban J connectivity index is 1.64. The topological polar surface area (TPSA) is 92.6 Å². The second-order valence-electron chi connectivity index (χ2n) is 7.14. The highest BCUT2D eigenvalue weighted by atomic mass is 35.5. The van der Waals surface area contributed by atoms with Crippen LogP contribution in [0.1, 0.15) is 32.7 Å². The number of nitrogens with one attached hydrogen (secondary N) is 1. The van der Waals surface area contributed by atoms with Crippen molar-refractivity contribution in [1.82, 2.24) is 0 Å². The molecule has 0 saturated heterocycles. The van der Waals surface area contributed by atoms with E-state index in [1.165, 1.54) is 18.2 Å². The molecular weight excluding hydrogens is 418 g/mol. The zero-order valence-electron chi connectivity index (χ0n) is 16.4. The third kappa shape index (κ3) is 4.27. The number of anilines is 2. The molecule has 0 fully saturated rings. The summed E-state index contributed by atoms with van der Waals surface area (Å²) in [6.07, 6.45) is 1.66. The standard InChI is InChI=1S/C23H18ClN3O4/c24-17-9-11-20(27(30)31)19(13-17)22(28)25-18-10-8-15-7-4-12-26(21(15)14-18)23(29)16-5-2-1-3-6-16/h1-3,5-6,8-11,13-14H,4,7,12H2,(H,25,28). The van der Waals surface area contributed by atoms with E-state index in [1.807, 2.05) is 24.3 Å². The first-order valence-electron chi connectivity index (χ1n) is 9.69. The van der Waals surface area contributed by atoms with Gasteiger partial charge in [-0.3, -0.25) is 19.7 Å².